The molecule has 0 saturated heterocycles. The molecule has 27 heavy (non-hydrogen) atoms. The van der Waals surface area contributed by atoms with Gasteiger partial charge in [0.2, 0.25) is 0 Å². The topological polar surface area (TPSA) is 98.0 Å². The first-order valence-corrected chi connectivity index (χ1v) is 9.56. The lowest BCUT2D eigenvalue weighted by Crippen LogP contribution is -2.23. The van der Waals surface area contributed by atoms with Crippen molar-refractivity contribution in [3.05, 3.63) is 60.8 Å². The van der Waals surface area contributed by atoms with Crippen LogP contribution in [0.15, 0.2) is 60.8 Å². The Morgan fingerprint density at radius 1 is 0.852 bits per heavy atom. The Kier molecular flexibility index (Phi) is 16.2. The molecule has 0 aliphatic carbocycles. The number of rotatable bonds is 15. The van der Waals surface area contributed by atoms with E-state index in [2.05, 4.69) is 0 Å². The predicted octanol–water partition coefficient (Wildman–Crippen LogP) is 3.69. The van der Waals surface area contributed by atoms with Gasteiger partial charge in [0, 0.05) is 6.42 Å². The van der Waals surface area contributed by atoms with Crippen molar-refractivity contribution in [2.75, 3.05) is 0 Å². The number of allylic oxidation sites excluding steroid dienone is 7. The summed E-state index contributed by atoms with van der Waals surface area (Å²) in [7, 11) is 0. The smallest absolute Gasteiger partial charge is 0.303 e. The molecule has 0 amide bonds. The zero-order valence-electron chi connectivity index (χ0n) is 16.2. The summed E-state index contributed by atoms with van der Waals surface area (Å²) in [6.07, 6.45) is 19.7. The third-order valence-corrected chi connectivity index (χ3v) is 3.76. The lowest BCUT2D eigenvalue weighted by molar-refractivity contribution is -0.137. The number of aliphatic hydroxyl groups excluding tert-OH is 3. The van der Waals surface area contributed by atoms with Gasteiger partial charge in [0.05, 0.1) is 18.3 Å². The second kappa shape index (κ2) is 17.5. The highest BCUT2D eigenvalue weighted by Crippen LogP contribution is 2.09. The van der Waals surface area contributed by atoms with Crippen LogP contribution in [0.4, 0.5) is 0 Å². The van der Waals surface area contributed by atoms with Crippen molar-refractivity contribution >= 4 is 5.97 Å². The van der Waals surface area contributed by atoms with Crippen LogP contribution < -0.4 is 0 Å². The van der Waals surface area contributed by atoms with Crippen LogP contribution in [0.1, 0.15) is 51.9 Å². The Morgan fingerprint density at radius 2 is 1.48 bits per heavy atom. The normalized spacial score (nSPS) is 16.3. The lowest BCUT2D eigenvalue weighted by atomic mass is 10.0. The van der Waals surface area contributed by atoms with Crippen LogP contribution in [0.2, 0.25) is 0 Å². The second-order valence-corrected chi connectivity index (χ2v) is 6.27. The van der Waals surface area contributed by atoms with Crippen LogP contribution in [0.3, 0.4) is 0 Å². The van der Waals surface area contributed by atoms with Crippen molar-refractivity contribution < 1.29 is 25.2 Å². The maximum atomic E-state index is 10.4. The van der Waals surface area contributed by atoms with Gasteiger partial charge in [-0.2, -0.15) is 0 Å². The molecule has 3 unspecified atom stereocenters. The molecule has 0 aromatic carbocycles. The van der Waals surface area contributed by atoms with E-state index < -0.39 is 24.3 Å². The monoisotopic (exact) mass is 378 g/mol. The average Bonchev–Trinajstić information content (AvgIpc) is 2.63. The minimum absolute atomic E-state index is 0.140. The van der Waals surface area contributed by atoms with Gasteiger partial charge in [-0.25, -0.2) is 0 Å². The summed E-state index contributed by atoms with van der Waals surface area (Å²) in [6, 6.07) is 0. The highest BCUT2D eigenvalue weighted by Gasteiger charge is 2.12. The number of hydrogen-bond acceptors (Lipinski definition) is 4. The van der Waals surface area contributed by atoms with Gasteiger partial charge in [0.1, 0.15) is 0 Å². The van der Waals surface area contributed by atoms with E-state index in [1.54, 1.807) is 42.5 Å². The molecule has 0 fully saturated rings. The van der Waals surface area contributed by atoms with Gasteiger partial charge < -0.3 is 20.4 Å². The zero-order chi connectivity index (χ0) is 20.3. The van der Waals surface area contributed by atoms with Crippen molar-refractivity contribution in [2.24, 2.45) is 0 Å². The first kappa shape index (κ1) is 25.1. The Labute approximate surface area is 162 Å². The first-order chi connectivity index (χ1) is 13.0. The van der Waals surface area contributed by atoms with Crippen molar-refractivity contribution in [3.63, 3.8) is 0 Å². The Balaban J connectivity index is 3.96. The Hall–Kier alpha value is -1.95. The Bertz CT molecular complexity index is 517. The van der Waals surface area contributed by atoms with Gasteiger partial charge in [-0.05, 0) is 25.7 Å². The molecule has 5 nitrogen and oxygen atoms in total. The van der Waals surface area contributed by atoms with Crippen LogP contribution in [0.5, 0.6) is 0 Å². The van der Waals surface area contributed by atoms with E-state index in [1.807, 2.05) is 19.1 Å². The summed E-state index contributed by atoms with van der Waals surface area (Å²) in [6.45, 7) is 2.05. The molecule has 152 valence electrons. The molecule has 0 saturated carbocycles. The number of carboxylic acid groups (broad SMARTS) is 1. The molecule has 0 aliphatic rings. The van der Waals surface area contributed by atoms with Gasteiger partial charge in [-0.3, -0.25) is 4.79 Å². The Morgan fingerprint density at radius 3 is 2.11 bits per heavy atom. The molecular formula is C22H34O5. The summed E-state index contributed by atoms with van der Waals surface area (Å²) in [5.74, 6) is -0.810. The van der Waals surface area contributed by atoms with Crippen LogP contribution in [-0.2, 0) is 4.79 Å². The van der Waals surface area contributed by atoms with Gasteiger partial charge >= 0.3 is 5.97 Å². The lowest BCUT2D eigenvalue weighted by Gasteiger charge is -2.13. The highest BCUT2D eigenvalue weighted by molar-refractivity contribution is 5.66. The minimum atomic E-state index is -0.940. The molecule has 0 radical (unpaired) electrons. The second-order valence-electron chi connectivity index (χ2n) is 6.27. The molecule has 0 spiro atoms. The molecule has 0 bridgehead atoms. The fourth-order valence-corrected chi connectivity index (χ4v) is 2.21. The van der Waals surface area contributed by atoms with Crippen molar-refractivity contribution in [1.82, 2.24) is 0 Å². The number of aliphatic hydroxyl groups is 3. The van der Waals surface area contributed by atoms with Gasteiger partial charge in [0.25, 0.3) is 0 Å². The molecule has 0 aromatic heterocycles. The zero-order valence-corrected chi connectivity index (χ0v) is 16.2. The molecule has 0 heterocycles. The number of aliphatic carboxylic acids is 1. The molecule has 5 heteroatoms. The van der Waals surface area contributed by atoms with Gasteiger partial charge in [-0.15, -0.1) is 0 Å². The molecule has 4 N–H and O–H groups in total. The SMILES string of the molecule is CC/C=C\CC(O)/C=C/C=C\C=C\C=C\C(O)C(O)CCCCCC(=O)O. The summed E-state index contributed by atoms with van der Waals surface area (Å²) < 4.78 is 0. The predicted molar refractivity (Wildman–Crippen MR) is 109 cm³/mol. The van der Waals surface area contributed by atoms with Crippen LogP contribution in [-0.4, -0.2) is 44.7 Å². The van der Waals surface area contributed by atoms with Crippen molar-refractivity contribution in [2.45, 2.75) is 70.2 Å². The minimum Gasteiger partial charge on any atom is -0.481 e. The van der Waals surface area contributed by atoms with Gasteiger partial charge in [-0.1, -0.05) is 80.5 Å². The van der Waals surface area contributed by atoms with E-state index >= 15 is 0 Å². The average molecular weight is 379 g/mol. The summed E-state index contributed by atoms with van der Waals surface area (Å²) in [5.41, 5.74) is 0. The molecular weight excluding hydrogens is 344 g/mol. The largest absolute Gasteiger partial charge is 0.481 e. The number of unbranched alkanes of at least 4 members (excludes halogenated alkanes) is 2. The molecule has 0 rings (SSSR count). The number of carbonyl (C=O) groups is 1. The third kappa shape index (κ3) is 17.2. The number of hydrogen-bond donors (Lipinski definition) is 4. The van der Waals surface area contributed by atoms with Crippen LogP contribution >= 0.6 is 0 Å². The maximum absolute atomic E-state index is 10.4. The van der Waals surface area contributed by atoms with E-state index in [0.29, 0.717) is 25.7 Å². The van der Waals surface area contributed by atoms with Crippen molar-refractivity contribution in [3.8, 4) is 0 Å². The molecule has 3 atom stereocenters. The van der Waals surface area contributed by atoms with Gasteiger partial charge in [0.15, 0.2) is 0 Å². The summed E-state index contributed by atoms with van der Waals surface area (Å²) in [4.78, 5) is 10.4. The molecule has 0 aliphatic heterocycles. The van der Waals surface area contributed by atoms with E-state index in [4.69, 9.17) is 5.11 Å². The number of carboxylic acids is 1. The highest BCUT2D eigenvalue weighted by atomic mass is 16.4. The summed E-state index contributed by atoms with van der Waals surface area (Å²) >= 11 is 0. The van der Waals surface area contributed by atoms with E-state index in [1.165, 1.54) is 6.08 Å². The van der Waals surface area contributed by atoms with E-state index in [0.717, 1.165) is 12.8 Å². The van der Waals surface area contributed by atoms with E-state index in [9.17, 15) is 20.1 Å². The fraction of sp³-hybridized carbons (Fsp3) is 0.500. The third-order valence-electron chi connectivity index (χ3n) is 3.76. The fourth-order valence-electron chi connectivity index (χ4n) is 2.21. The maximum Gasteiger partial charge on any atom is 0.303 e. The van der Waals surface area contributed by atoms with Crippen LogP contribution in [0.25, 0.3) is 0 Å². The van der Waals surface area contributed by atoms with Crippen molar-refractivity contribution in [1.29, 1.82) is 0 Å². The quantitative estimate of drug-likeness (QED) is 0.198. The van der Waals surface area contributed by atoms with E-state index in [-0.39, 0.29) is 6.42 Å². The van der Waals surface area contributed by atoms with Crippen LogP contribution in [0, 0.1) is 0 Å². The molecule has 0 aromatic rings. The first-order valence-electron chi connectivity index (χ1n) is 9.56. The standard InChI is InChI=1S/C22H34O5/c1-2-3-9-14-19(23)15-10-6-4-5-7-11-16-20(24)21(25)17-12-8-13-18-22(26)27/h3-7,9-11,15-16,19-21,23-25H,2,8,12-14,17-18H2,1H3,(H,26,27)/b6-4-,7-5+,9-3-,15-10+,16-11+. The summed E-state index contributed by atoms with van der Waals surface area (Å²) in [5, 5.41) is 37.9.